The second-order valence-corrected chi connectivity index (χ2v) is 7.18. The molecule has 1 aliphatic heterocycles. The van der Waals surface area contributed by atoms with Crippen LogP contribution in [-0.4, -0.2) is 25.4 Å². The van der Waals surface area contributed by atoms with E-state index in [1.165, 1.54) is 36.3 Å². The first kappa shape index (κ1) is 16.8. The highest BCUT2D eigenvalue weighted by atomic mass is 32.2. The van der Waals surface area contributed by atoms with Gasteiger partial charge in [0, 0.05) is 24.6 Å². The molecule has 1 aliphatic carbocycles. The Morgan fingerprint density at radius 1 is 1.33 bits per heavy atom. The number of carbonyl (C=O) groups excluding carboxylic acids is 2. The van der Waals surface area contributed by atoms with Crippen LogP contribution in [0.15, 0.2) is 51.8 Å². The normalized spacial score (nSPS) is 19.0. The molecule has 0 fully saturated rings. The zero-order valence-electron chi connectivity index (χ0n) is 13.9. The molecule has 0 atom stereocenters. The van der Waals surface area contributed by atoms with Gasteiger partial charge in [-0.05, 0) is 44.2 Å². The highest BCUT2D eigenvalue weighted by Gasteiger charge is 2.26. The van der Waals surface area contributed by atoms with E-state index in [0.717, 1.165) is 29.8 Å². The highest BCUT2D eigenvalue weighted by molar-refractivity contribution is 8.04. The topological polar surface area (TPSA) is 49.4 Å². The van der Waals surface area contributed by atoms with E-state index in [2.05, 4.69) is 11.4 Å². The lowest BCUT2D eigenvalue weighted by molar-refractivity contribution is -0.117. The lowest BCUT2D eigenvalue weighted by Crippen LogP contribution is -2.31. The summed E-state index contributed by atoms with van der Waals surface area (Å²) in [4.78, 5) is 27.6. The molecule has 3 rings (SSSR count). The van der Waals surface area contributed by atoms with Gasteiger partial charge >= 0.3 is 0 Å². The number of rotatable bonds is 4. The molecule has 0 aromatic heterocycles. The van der Waals surface area contributed by atoms with Crippen LogP contribution in [0, 0.1) is 0 Å². The van der Waals surface area contributed by atoms with Gasteiger partial charge < -0.3 is 10.2 Å². The summed E-state index contributed by atoms with van der Waals surface area (Å²) in [7, 11) is 1.74. The van der Waals surface area contributed by atoms with Crippen molar-refractivity contribution in [3.8, 4) is 0 Å². The van der Waals surface area contributed by atoms with Crippen LogP contribution in [0.4, 0.5) is 5.69 Å². The van der Waals surface area contributed by atoms with Gasteiger partial charge in [0.2, 0.25) is 5.91 Å². The molecule has 5 heteroatoms. The third kappa shape index (κ3) is 3.90. The van der Waals surface area contributed by atoms with Crippen molar-refractivity contribution in [2.45, 2.75) is 37.0 Å². The first-order valence-corrected chi connectivity index (χ1v) is 9.19. The lowest BCUT2D eigenvalue weighted by Gasteiger charge is -2.26. The third-order valence-corrected chi connectivity index (χ3v) is 5.43. The Morgan fingerprint density at radius 2 is 2.17 bits per heavy atom. The summed E-state index contributed by atoms with van der Waals surface area (Å²) >= 11 is 1.36. The predicted molar refractivity (Wildman–Crippen MR) is 98.0 cm³/mol. The maximum Gasteiger partial charge on any atom is 0.265 e. The monoisotopic (exact) mass is 342 g/mol. The maximum atomic E-state index is 12.4. The van der Waals surface area contributed by atoms with Crippen LogP contribution in [0.25, 0.3) is 0 Å². The minimum absolute atomic E-state index is 0.135. The molecule has 0 spiro atoms. The minimum Gasteiger partial charge on any atom is -0.352 e. The van der Waals surface area contributed by atoms with Crippen molar-refractivity contribution in [3.05, 3.63) is 46.9 Å². The van der Waals surface area contributed by atoms with Crippen LogP contribution >= 0.6 is 11.8 Å². The maximum absolute atomic E-state index is 12.4. The number of amides is 2. The number of carbonyl (C=O) groups is 2. The number of hydrogen-bond donors (Lipinski definition) is 1. The molecule has 0 saturated heterocycles. The van der Waals surface area contributed by atoms with Crippen LogP contribution in [0.1, 0.15) is 32.1 Å². The highest BCUT2D eigenvalue weighted by Crippen LogP contribution is 2.40. The molecular weight excluding hydrogens is 320 g/mol. The summed E-state index contributed by atoms with van der Waals surface area (Å²) in [6, 6.07) is 7.72. The van der Waals surface area contributed by atoms with Gasteiger partial charge in [0.05, 0.1) is 10.6 Å². The van der Waals surface area contributed by atoms with E-state index in [1.54, 1.807) is 11.9 Å². The number of allylic oxidation sites excluding steroid dienone is 1. The fourth-order valence-electron chi connectivity index (χ4n) is 3.00. The molecule has 126 valence electrons. The Bertz CT molecular complexity index is 709. The zero-order valence-corrected chi connectivity index (χ0v) is 14.7. The third-order valence-electron chi connectivity index (χ3n) is 4.35. The van der Waals surface area contributed by atoms with Gasteiger partial charge in [-0.15, -0.1) is 0 Å². The quantitative estimate of drug-likeness (QED) is 0.671. The van der Waals surface area contributed by atoms with Gasteiger partial charge in [-0.2, -0.15) is 0 Å². The van der Waals surface area contributed by atoms with Gasteiger partial charge in [-0.25, -0.2) is 0 Å². The minimum atomic E-state index is -0.199. The first-order valence-electron chi connectivity index (χ1n) is 8.37. The largest absolute Gasteiger partial charge is 0.352 e. The van der Waals surface area contributed by atoms with Crippen LogP contribution < -0.4 is 10.2 Å². The van der Waals surface area contributed by atoms with Gasteiger partial charge in [0.25, 0.3) is 5.91 Å². The summed E-state index contributed by atoms with van der Waals surface area (Å²) < 4.78 is 0. The number of nitrogens with zero attached hydrogens (tertiary/aromatic N) is 1. The standard InChI is InChI=1S/C19H22N2O2S/c1-21-15-9-5-6-10-16(15)24-17(19(21)23)13-18(22)20-12-11-14-7-3-2-4-8-14/h5-7,9-10,13H,2-4,8,11-12H2,1H3,(H,20,22)/b17-13+. The first-order chi connectivity index (χ1) is 11.6. The molecule has 1 heterocycles. The zero-order chi connectivity index (χ0) is 16.9. The summed E-state index contributed by atoms with van der Waals surface area (Å²) in [6.45, 7) is 0.625. The molecule has 0 bridgehead atoms. The number of benzene rings is 1. The van der Waals surface area contributed by atoms with Crippen molar-refractivity contribution in [1.82, 2.24) is 5.32 Å². The van der Waals surface area contributed by atoms with E-state index < -0.39 is 0 Å². The Morgan fingerprint density at radius 3 is 2.96 bits per heavy atom. The van der Waals surface area contributed by atoms with Crippen LogP contribution in [0.3, 0.4) is 0 Å². The Kier molecular flexibility index (Phi) is 5.41. The molecule has 2 aliphatic rings. The Hall–Kier alpha value is -2.01. The number of thioether (sulfide) groups is 1. The second kappa shape index (κ2) is 7.71. The second-order valence-electron chi connectivity index (χ2n) is 6.09. The summed E-state index contributed by atoms with van der Waals surface area (Å²) in [6.07, 6.45) is 9.45. The summed E-state index contributed by atoms with van der Waals surface area (Å²) in [5.41, 5.74) is 2.32. The number of nitrogens with one attached hydrogen (secondary N) is 1. The lowest BCUT2D eigenvalue weighted by atomic mass is 9.97. The molecule has 1 aromatic carbocycles. The molecular formula is C19H22N2O2S. The van der Waals surface area contributed by atoms with E-state index in [-0.39, 0.29) is 11.8 Å². The molecule has 0 unspecified atom stereocenters. The molecule has 0 radical (unpaired) electrons. The van der Waals surface area contributed by atoms with Crippen molar-refractivity contribution in [1.29, 1.82) is 0 Å². The summed E-state index contributed by atoms with van der Waals surface area (Å²) in [5.74, 6) is -0.334. The van der Waals surface area contributed by atoms with Gasteiger partial charge in [-0.3, -0.25) is 9.59 Å². The van der Waals surface area contributed by atoms with Crippen molar-refractivity contribution >= 4 is 29.3 Å². The van der Waals surface area contributed by atoms with Crippen molar-refractivity contribution < 1.29 is 9.59 Å². The van der Waals surface area contributed by atoms with Gasteiger partial charge in [0.15, 0.2) is 0 Å². The van der Waals surface area contributed by atoms with E-state index >= 15 is 0 Å². The fraction of sp³-hybridized carbons (Fsp3) is 0.368. The van der Waals surface area contributed by atoms with Crippen LogP contribution in [-0.2, 0) is 9.59 Å². The Labute approximate surface area is 147 Å². The number of anilines is 1. The van der Waals surface area contributed by atoms with Gasteiger partial charge in [-0.1, -0.05) is 35.5 Å². The smallest absolute Gasteiger partial charge is 0.265 e. The van der Waals surface area contributed by atoms with E-state index in [4.69, 9.17) is 0 Å². The fourth-order valence-corrected chi connectivity index (χ4v) is 4.08. The van der Waals surface area contributed by atoms with Crippen molar-refractivity contribution in [2.24, 2.45) is 0 Å². The van der Waals surface area contributed by atoms with Crippen molar-refractivity contribution in [2.75, 3.05) is 18.5 Å². The van der Waals surface area contributed by atoms with Crippen LogP contribution in [0.2, 0.25) is 0 Å². The van der Waals surface area contributed by atoms with Gasteiger partial charge in [0.1, 0.15) is 0 Å². The number of likely N-dealkylation sites (N-methyl/N-ethyl adjacent to an activating group) is 1. The molecule has 4 nitrogen and oxygen atoms in total. The summed E-state index contributed by atoms with van der Waals surface area (Å²) in [5, 5.41) is 2.90. The van der Waals surface area contributed by atoms with Crippen molar-refractivity contribution in [3.63, 3.8) is 0 Å². The molecule has 24 heavy (non-hydrogen) atoms. The predicted octanol–water partition coefficient (Wildman–Crippen LogP) is 3.65. The number of para-hydroxylation sites is 1. The molecule has 2 amide bonds. The molecule has 1 N–H and O–H groups in total. The van der Waals surface area contributed by atoms with Crippen LogP contribution in [0.5, 0.6) is 0 Å². The average Bonchev–Trinajstić information content (AvgIpc) is 2.60. The van der Waals surface area contributed by atoms with E-state index in [1.807, 2.05) is 24.3 Å². The van der Waals surface area contributed by atoms with E-state index in [9.17, 15) is 9.59 Å². The number of fused-ring (bicyclic) bond motifs is 1. The molecule has 0 saturated carbocycles. The Balaban J connectivity index is 1.60. The molecule has 1 aromatic rings. The number of hydrogen-bond acceptors (Lipinski definition) is 3. The average molecular weight is 342 g/mol. The SMILES string of the molecule is CN1C(=O)/C(=C\C(=O)NCCC2=CCCCC2)Sc2ccccc21. The van der Waals surface area contributed by atoms with E-state index in [0.29, 0.717) is 11.4 Å².